The molecule has 5 rings (SSSR count). The first-order chi connectivity index (χ1) is 25.0. The number of methoxy groups -OCH3 is 3. The van der Waals surface area contributed by atoms with Gasteiger partial charge in [-0.05, 0) is 53.8 Å². The zero-order chi connectivity index (χ0) is 35.7. The normalized spacial score (nSPS) is 19.3. The molecule has 1 aliphatic heterocycles. The molecule has 0 aliphatic carbocycles. The van der Waals surface area contributed by atoms with E-state index in [4.69, 9.17) is 37.9 Å². The Kier molecular flexibility index (Phi) is 15.8. The fraction of sp³-hybridized carbons (Fsp3) is 0.442. The van der Waals surface area contributed by atoms with Crippen LogP contribution in [0.1, 0.15) is 61.2 Å². The second-order valence-electron chi connectivity index (χ2n) is 13.1. The van der Waals surface area contributed by atoms with Crippen LogP contribution in [0.4, 0.5) is 0 Å². The van der Waals surface area contributed by atoms with Crippen LogP contribution >= 0.6 is 0 Å². The molecule has 4 aromatic carbocycles. The van der Waals surface area contributed by atoms with E-state index in [0.29, 0.717) is 39.5 Å². The average Bonchev–Trinajstić information content (AvgIpc) is 3.19. The maximum Gasteiger partial charge on any atom is 0.184 e. The van der Waals surface area contributed by atoms with Gasteiger partial charge in [0.15, 0.2) is 6.29 Å². The van der Waals surface area contributed by atoms with Crippen molar-refractivity contribution >= 4 is 0 Å². The number of benzene rings is 4. The van der Waals surface area contributed by atoms with Gasteiger partial charge in [-0.15, -0.1) is 0 Å². The van der Waals surface area contributed by atoms with Crippen molar-refractivity contribution in [3.05, 3.63) is 131 Å². The molecule has 1 saturated heterocycles. The Morgan fingerprint density at radius 3 is 1.80 bits per heavy atom. The molecule has 0 radical (unpaired) electrons. The quantitative estimate of drug-likeness (QED) is 0.0801. The van der Waals surface area contributed by atoms with Crippen molar-refractivity contribution in [1.29, 1.82) is 0 Å². The summed E-state index contributed by atoms with van der Waals surface area (Å²) in [6.07, 6.45) is 2.07. The Morgan fingerprint density at radius 2 is 1.22 bits per heavy atom. The predicted octanol–water partition coefficient (Wildman–Crippen LogP) is 8.72. The Morgan fingerprint density at radius 1 is 0.647 bits per heavy atom. The third kappa shape index (κ3) is 12.5. The van der Waals surface area contributed by atoms with Crippen molar-refractivity contribution < 1.29 is 37.9 Å². The van der Waals surface area contributed by atoms with E-state index in [1.807, 2.05) is 84.9 Å². The summed E-state index contributed by atoms with van der Waals surface area (Å²) in [5.41, 5.74) is 4.35. The molecule has 6 atom stereocenters. The molecule has 0 spiro atoms. The highest BCUT2D eigenvalue weighted by Gasteiger charge is 2.37. The highest BCUT2D eigenvalue weighted by atomic mass is 16.7. The third-order valence-electron chi connectivity index (χ3n) is 9.50. The Balaban J connectivity index is 1.24. The van der Waals surface area contributed by atoms with Gasteiger partial charge in [0.1, 0.15) is 11.5 Å². The lowest BCUT2D eigenvalue weighted by Gasteiger charge is -2.41. The number of hydrogen-bond acceptors (Lipinski definition) is 8. The maximum absolute atomic E-state index is 6.72. The van der Waals surface area contributed by atoms with E-state index in [1.54, 1.807) is 21.3 Å². The van der Waals surface area contributed by atoms with Crippen LogP contribution in [0.25, 0.3) is 0 Å². The first kappa shape index (κ1) is 38.5. The lowest BCUT2D eigenvalue weighted by atomic mass is 9.88. The molecular weight excluding hydrogens is 644 g/mol. The minimum absolute atomic E-state index is 0.0416. The molecular formula is C43H54O8. The molecule has 8 nitrogen and oxygen atoms in total. The summed E-state index contributed by atoms with van der Waals surface area (Å²) < 4.78 is 48.9. The van der Waals surface area contributed by atoms with Crippen molar-refractivity contribution in [3.63, 3.8) is 0 Å². The molecule has 1 fully saturated rings. The van der Waals surface area contributed by atoms with Crippen molar-refractivity contribution in [3.8, 4) is 11.5 Å². The molecule has 8 heteroatoms. The Labute approximate surface area is 303 Å². The number of rotatable bonds is 21. The molecule has 51 heavy (non-hydrogen) atoms. The summed E-state index contributed by atoms with van der Waals surface area (Å²) in [7, 11) is 5.12. The lowest BCUT2D eigenvalue weighted by molar-refractivity contribution is -0.266. The first-order valence-corrected chi connectivity index (χ1v) is 18.0. The third-order valence-corrected chi connectivity index (χ3v) is 9.50. The van der Waals surface area contributed by atoms with Gasteiger partial charge >= 0.3 is 0 Å². The van der Waals surface area contributed by atoms with Gasteiger partial charge in [0, 0.05) is 44.6 Å². The van der Waals surface area contributed by atoms with Crippen LogP contribution in [0.2, 0.25) is 0 Å². The Bertz CT molecular complexity index is 1500. The summed E-state index contributed by atoms with van der Waals surface area (Å²) in [6, 6.07) is 36.4. The topological polar surface area (TPSA) is 73.8 Å². The standard InChI is InChI=1S/C43H54O8/c1-32(41(46-4)27-39(23-25-47-29-33-11-7-5-8-12-33)49-31-35-15-19-37(44-2)20-16-35)42-28-40(24-26-48-30-34-13-9-6-10-14-34)50-43(51-42)36-17-21-38(45-3)22-18-36/h5-22,32,39-43H,23-31H2,1-4H3/t32-,39+,40+,41+,42+,43+/m1/s1. The van der Waals surface area contributed by atoms with Gasteiger partial charge in [0.2, 0.25) is 0 Å². The van der Waals surface area contributed by atoms with E-state index in [-0.39, 0.29) is 30.3 Å². The highest BCUT2D eigenvalue weighted by molar-refractivity contribution is 5.28. The Hall–Kier alpha value is -3.76. The molecule has 1 heterocycles. The summed E-state index contributed by atoms with van der Waals surface area (Å²) in [5, 5.41) is 0. The van der Waals surface area contributed by atoms with E-state index >= 15 is 0 Å². The predicted molar refractivity (Wildman–Crippen MR) is 198 cm³/mol. The summed E-state index contributed by atoms with van der Waals surface area (Å²) in [5.74, 6) is 1.67. The minimum atomic E-state index is -0.512. The summed E-state index contributed by atoms with van der Waals surface area (Å²) in [6.45, 7) is 5.00. The smallest absolute Gasteiger partial charge is 0.184 e. The van der Waals surface area contributed by atoms with Crippen LogP contribution < -0.4 is 9.47 Å². The molecule has 0 aromatic heterocycles. The first-order valence-electron chi connectivity index (χ1n) is 18.0. The molecule has 1 aliphatic rings. The van der Waals surface area contributed by atoms with E-state index in [9.17, 15) is 0 Å². The number of hydrogen-bond donors (Lipinski definition) is 0. The monoisotopic (exact) mass is 698 g/mol. The van der Waals surface area contributed by atoms with Crippen molar-refractivity contribution in [2.24, 2.45) is 5.92 Å². The van der Waals surface area contributed by atoms with Crippen LogP contribution in [0.15, 0.2) is 109 Å². The zero-order valence-electron chi connectivity index (χ0n) is 30.5. The van der Waals surface area contributed by atoms with Crippen molar-refractivity contribution in [1.82, 2.24) is 0 Å². The summed E-state index contributed by atoms with van der Waals surface area (Å²) >= 11 is 0. The van der Waals surface area contributed by atoms with Crippen molar-refractivity contribution in [2.45, 2.75) is 83.1 Å². The van der Waals surface area contributed by atoms with E-state index in [0.717, 1.165) is 53.0 Å². The largest absolute Gasteiger partial charge is 0.497 e. The fourth-order valence-corrected chi connectivity index (χ4v) is 6.37. The zero-order valence-corrected chi connectivity index (χ0v) is 30.5. The van der Waals surface area contributed by atoms with Crippen LogP contribution in [-0.2, 0) is 48.2 Å². The van der Waals surface area contributed by atoms with Gasteiger partial charge in [-0.25, -0.2) is 0 Å². The van der Waals surface area contributed by atoms with Gasteiger partial charge in [-0.3, -0.25) is 0 Å². The second-order valence-corrected chi connectivity index (χ2v) is 13.1. The molecule has 0 saturated carbocycles. The van der Waals surface area contributed by atoms with Crippen LogP contribution in [0.3, 0.4) is 0 Å². The molecule has 0 bridgehead atoms. The van der Waals surface area contributed by atoms with Crippen LogP contribution in [0.5, 0.6) is 11.5 Å². The minimum Gasteiger partial charge on any atom is -0.497 e. The van der Waals surface area contributed by atoms with Gasteiger partial charge in [-0.1, -0.05) is 91.9 Å². The van der Waals surface area contributed by atoms with Gasteiger partial charge in [0.05, 0.1) is 58.5 Å². The van der Waals surface area contributed by atoms with Crippen molar-refractivity contribution in [2.75, 3.05) is 34.5 Å². The SMILES string of the molecule is COc1ccc(CO[C@@H](CCOCc2ccccc2)C[C@H](OC)[C@@H](C)[C@@H]2C[C@H](CCOCc3ccccc3)O[C@H](c3ccc(OC)cc3)O2)cc1. The average molecular weight is 699 g/mol. The molecule has 0 N–H and O–H groups in total. The second kappa shape index (κ2) is 20.9. The lowest BCUT2D eigenvalue weighted by Crippen LogP contribution is -2.43. The van der Waals surface area contributed by atoms with E-state index in [1.165, 1.54) is 0 Å². The highest BCUT2D eigenvalue weighted by Crippen LogP contribution is 2.37. The number of ether oxygens (including phenoxy) is 8. The maximum atomic E-state index is 6.72. The van der Waals surface area contributed by atoms with E-state index < -0.39 is 6.29 Å². The fourth-order valence-electron chi connectivity index (χ4n) is 6.37. The van der Waals surface area contributed by atoms with Gasteiger partial charge < -0.3 is 37.9 Å². The molecule has 0 amide bonds. The molecule has 0 unspecified atom stereocenters. The van der Waals surface area contributed by atoms with E-state index in [2.05, 4.69) is 31.2 Å². The van der Waals surface area contributed by atoms with Gasteiger partial charge in [-0.2, -0.15) is 0 Å². The van der Waals surface area contributed by atoms with Gasteiger partial charge in [0.25, 0.3) is 0 Å². The molecule has 274 valence electrons. The van der Waals surface area contributed by atoms with Crippen LogP contribution in [0, 0.1) is 5.92 Å². The molecule has 4 aromatic rings. The summed E-state index contributed by atoms with van der Waals surface area (Å²) in [4.78, 5) is 0. The van der Waals surface area contributed by atoms with Crippen LogP contribution in [-0.4, -0.2) is 59.0 Å².